The number of benzene rings is 2. The minimum atomic E-state index is -0.244. The van der Waals surface area contributed by atoms with Crippen LogP contribution in [0.2, 0.25) is 0 Å². The van der Waals surface area contributed by atoms with Crippen molar-refractivity contribution >= 4 is 21.6 Å². The van der Waals surface area contributed by atoms with Crippen molar-refractivity contribution in [3.8, 4) is 0 Å². The molecule has 2 rings (SSSR count). The Bertz CT molecular complexity index is 637. The van der Waals surface area contributed by atoms with Gasteiger partial charge in [0, 0.05) is 11.7 Å². The van der Waals surface area contributed by atoms with Gasteiger partial charge in [0.15, 0.2) is 0 Å². The zero-order chi connectivity index (χ0) is 14.9. The SMILES string of the molecule is Cc1ccc(C)c(C(C)Nc2cc(F)c(Br)cc2C)c1. The van der Waals surface area contributed by atoms with Crippen molar-refractivity contribution in [1.29, 1.82) is 0 Å². The molecule has 1 atom stereocenters. The van der Waals surface area contributed by atoms with Crippen LogP contribution in [0.25, 0.3) is 0 Å². The molecule has 2 aromatic rings. The van der Waals surface area contributed by atoms with Crippen molar-refractivity contribution in [3.63, 3.8) is 0 Å². The highest BCUT2D eigenvalue weighted by molar-refractivity contribution is 9.10. The molecule has 0 saturated heterocycles. The van der Waals surface area contributed by atoms with Crippen LogP contribution in [0.1, 0.15) is 35.2 Å². The number of aryl methyl sites for hydroxylation is 3. The Morgan fingerprint density at radius 2 is 1.75 bits per heavy atom. The third-order valence-corrected chi connectivity index (χ3v) is 4.15. The van der Waals surface area contributed by atoms with Gasteiger partial charge in [-0.25, -0.2) is 4.39 Å². The van der Waals surface area contributed by atoms with Gasteiger partial charge in [-0.3, -0.25) is 0 Å². The van der Waals surface area contributed by atoms with E-state index >= 15 is 0 Å². The second-order valence-corrected chi connectivity index (χ2v) is 6.16. The Labute approximate surface area is 128 Å². The first kappa shape index (κ1) is 15.0. The van der Waals surface area contributed by atoms with E-state index in [9.17, 15) is 4.39 Å². The standard InChI is InChI=1S/C17H19BrFN/c1-10-5-6-11(2)14(7-10)13(4)20-17-9-16(19)15(18)8-12(17)3/h5-9,13,20H,1-4H3. The van der Waals surface area contributed by atoms with Crippen LogP contribution in [0.5, 0.6) is 0 Å². The first-order chi connectivity index (χ1) is 9.38. The topological polar surface area (TPSA) is 12.0 Å². The molecule has 0 aliphatic heterocycles. The molecule has 0 bridgehead atoms. The molecule has 1 unspecified atom stereocenters. The van der Waals surface area contributed by atoms with Gasteiger partial charge in [0.05, 0.1) is 4.47 Å². The molecular formula is C17H19BrFN. The van der Waals surface area contributed by atoms with Crippen LogP contribution in [-0.2, 0) is 0 Å². The molecule has 0 radical (unpaired) electrons. The summed E-state index contributed by atoms with van der Waals surface area (Å²) in [6.45, 7) is 8.26. The first-order valence-corrected chi connectivity index (χ1v) is 7.47. The molecule has 0 aliphatic carbocycles. The Morgan fingerprint density at radius 3 is 2.45 bits per heavy atom. The smallest absolute Gasteiger partial charge is 0.139 e. The van der Waals surface area contributed by atoms with Crippen LogP contribution in [-0.4, -0.2) is 0 Å². The van der Waals surface area contributed by atoms with Crippen molar-refractivity contribution in [3.05, 3.63) is 62.9 Å². The Kier molecular flexibility index (Phi) is 4.48. The molecular weight excluding hydrogens is 317 g/mol. The van der Waals surface area contributed by atoms with Gasteiger partial charge in [0.2, 0.25) is 0 Å². The number of anilines is 1. The molecule has 1 nitrogen and oxygen atoms in total. The quantitative estimate of drug-likeness (QED) is 0.760. The number of halogens is 2. The van der Waals surface area contributed by atoms with Crippen molar-refractivity contribution in [2.24, 2.45) is 0 Å². The predicted molar refractivity (Wildman–Crippen MR) is 86.8 cm³/mol. The highest BCUT2D eigenvalue weighted by atomic mass is 79.9. The van der Waals surface area contributed by atoms with Crippen molar-refractivity contribution in [2.75, 3.05) is 5.32 Å². The maximum Gasteiger partial charge on any atom is 0.139 e. The Morgan fingerprint density at radius 1 is 1.05 bits per heavy atom. The zero-order valence-electron chi connectivity index (χ0n) is 12.2. The third-order valence-electron chi connectivity index (χ3n) is 3.54. The van der Waals surface area contributed by atoms with E-state index in [2.05, 4.69) is 60.2 Å². The molecule has 106 valence electrons. The molecule has 0 heterocycles. The number of hydrogen-bond acceptors (Lipinski definition) is 1. The summed E-state index contributed by atoms with van der Waals surface area (Å²) in [5, 5.41) is 3.40. The van der Waals surface area contributed by atoms with E-state index in [0.29, 0.717) is 4.47 Å². The van der Waals surface area contributed by atoms with E-state index in [1.165, 1.54) is 16.7 Å². The molecule has 0 aliphatic rings. The van der Waals surface area contributed by atoms with Crippen LogP contribution in [0, 0.1) is 26.6 Å². The van der Waals surface area contributed by atoms with Crippen LogP contribution >= 0.6 is 15.9 Å². The third kappa shape index (κ3) is 3.21. The van der Waals surface area contributed by atoms with Gasteiger partial charge < -0.3 is 5.32 Å². The highest BCUT2D eigenvalue weighted by Gasteiger charge is 2.11. The maximum absolute atomic E-state index is 13.7. The number of nitrogens with one attached hydrogen (secondary N) is 1. The normalized spacial score (nSPS) is 12.3. The van der Waals surface area contributed by atoms with Crippen molar-refractivity contribution in [1.82, 2.24) is 0 Å². The molecule has 0 spiro atoms. The molecule has 3 heteroatoms. The molecule has 20 heavy (non-hydrogen) atoms. The van der Waals surface area contributed by atoms with E-state index in [-0.39, 0.29) is 11.9 Å². The summed E-state index contributed by atoms with van der Waals surface area (Å²) < 4.78 is 14.2. The largest absolute Gasteiger partial charge is 0.378 e. The fourth-order valence-corrected chi connectivity index (χ4v) is 2.80. The molecule has 0 saturated carbocycles. The summed E-state index contributed by atoms with van der Waals surface area (Å²) >= 11 is 3.21. The molecule has 0 aromatic heterocycles. The van der Waals surface area contributed by atoms with Gasteiger partial charge in [-0.05, 0) is 72.4 Å². The average molecular weight is 336 g/mol. The second-order valence-electron chi connectivity index (χ2n) is 5.31. The fraction of sp³-hybridized carbons (Fsp3) is 0.294. The van der Waals surface area contributed by atoms with Gasteiger partial charge in [-0.2, -0.15) is 0 Å². The number of rotatable bonds is 3. The fourth-order valence-electron chi connectivity index (χ4n) is 2.34. The van der Waals surface area contributed by atoms with Gasteiger partial charge >= 0.3 is 0 Å². The van der Waals surface area contributed by atoms with Gasteiger partial charge in [0.1, 0.15) is 5.82 Å². The van der Waals surface area contributed by atoms with Crippen LogP contribution in [0.3, 0.4) is 0 Å². The van der Waals surface area contributed by atoms with Crippen LogP contribution in [0.15, 0.2) is 34.8 Å². The van der Waals surface area contributed by atoms with Crippen LogP contribution in [0.4, 0.5) is 10.1 Å². The van der Waals surface area contributed by atoms with Crippen molar-refractivity contribution < 1.29 is 4.39 Å². The average Bonchev–Trinajstić information content (AvgIpc) is 2.38. The maximum atomic E-state index is 13.7. The Balaban J connectivity index is 2.30. The Hall–Kier alpha value is -1.35. The van der Waals surface area contributed by atoms with E-state index in [0.717, 1.165) is 11.3 Å². The summed E-state index contributed by atoms with van der Waals surface area (Å²) in [5.74, 6) is -0.244. The lowest BCUT2D eigenvalue weighted by Crippen LogP contribution is -2.09. The molecule has 1 N–H and O–H groups in total. The number of hydrogen-bond donors (Lipinski definition) is 1. The highest BCUT2D eigenvalue weighted by Crippen LogP contribution is 2.28. The summed E-state index contributed by atoms with van der Waals surface area (Å²) in [4.78, 5) is 0. The summed E-state index contributed by atoms with van der Waals surface area (Å²) in [7, 11) is 0. The molecule has 2 aromatic carbocycles. The lowest BCUT2D eigenvalue weighted by atomic mass is 9.99. The van der Waals surface area contributed by atoms with Gasteiger partial charge in [0.25, 0.3) is 0 Å². The molecule has 0 amide bonds. The first-order valence-electron chi connectivity index (χ1n) is 6.68. The van der Waals surface area contributed by atoms with E-state index < -0.39 is 0 Å². The minimum absolute atomic E-state index is 0.133. The van der Waals surface area contributed by atoms with E-state index in [1.807, 2.05) is 6.92 Å². The van der Waals surface area contributed by atoms with Gasteiger partial charge in [-0.15, -0.1) is 0 Å². The lowest BCUT2D eigenvalue weighted by Gasteiger charge is -2.20. The second kappa shape index (κ2) is 5.96. The molecule has 0 fully saturated rings. The summed E-state index contributed by atoms with van der Waals surface area (Å²) in [6, 6.07) is 9.88. The van der Waals surface area contributed by atoms with Crippen molar-refractivity contribution in [2.45, 2.75) is 33.7 Å². The summed E-state index contributed by atoms with van der Waals surface area (Å²) in [5.41, 5.74) is 5.58. The minimum Gasteiger partial charge on any atom is -0.378 e. The summed E-state index contributed by atoms with van der Waals surface area (Å²) in [6.07, 6.45) is 0. The lowest BCUT2D eigenvalue weighted by molar-refractivity contribution is 0.620. The predicted octanol–water partition coefficient (Wildman–Crippen LogP) is 5.69. The zero-order valence-corrected chi connectivity index (χ0v) is 13.8. The van der Waals surface area contributed by atoms with E-state index in [1.54, 1.807) is 12.1 Å². The van der Waals surface area contributed by atoms with Gasteiger partial charge in [-0.1, -0.05) is 23.8 Å². The van der Waals surface area contributed by atoms with E-state index in [4.69, 9.17) is 0 Å². The van der Waals surface area contributed by atoms with Crippen LogP contribution < -0.4 is 5.32 Å². The monoisotopic (exact) mass is 335 g/mol.